The number of carbonyl (C=O) groups excluding carboxylic acids is 1. The van der Waals surface area contributed by atoms with Gasteiger partial charge in [-0.25, -0.2) is 0 Å². The molecule has 6 saturated heterocycles. The Morgan fingerprint density at radius 1 is 0.314 bits per heavy atom. The van der Waals surface area contributed by atoms with Crippen molar-refractivity contribution < 1.29 is 159 Å². The smallest absolute Gasteiger partial charge is 0.308 e. The van der Waals surface area contributed by atoms with Crippen LogP contribution in [-0.4, -0.2) is 327 Å². The van der Waals surface area contributed by atoms with E-state index < -0.39 is 230 Å². The predicted octanol–water partition coefficient (Wildman–Crippen LogP) is -7.51. The Morgan fingerprint density at radius 2 is 0.570 bits per heavy atom. The lowest BCUT2D eigenvalue weighted by Crippen LogP contribution is -2.68. The molecule has 6 rings (SSSR count). The Bertz CT molecular complexity index is 1940. The van der Waals surface area contributed by atoms with Crippen molar-refractivity contribution in [3.8, 4) is 0 Å². The fourth-order valence-corrected chi connectivity index (χ4v) is 11.1. The van der Waals surface area contributed by atoms with E-state index in [0.717, 1.165) is 38.5 Å². The average Bonchev–Trinajstić information content (AvgIpc) is 2.01. The van der Waals surface area contributed by atoms with Crippen LogP contribution in [0, 0.1) is 0 Å². The lowest BCUT2D eigenvalue weighted by molar-refractivity contribution is -0.396. The third kappa shape index (κ3) is 18.4. The monoisotopic (exact) mass is 1250 g/mol. The van der Waals surface area contributed by atoms with Gasteiger partial charge in [-0.1, -0.05) is 70.4 Å². The predicted molar refractivity (Wildman–Crippen MR) is 282 cm³/mol. The van der Waals surface area contributed by atoms with Crippen molar-refractivity contribution in [1.82, 2.24) is 0 Å². The topological polar surface area (TPSA) is 512 Å². The van der Waals surface area contributed by atoms with E-state index >= 15 is 0 Å². The first-order chi connectivity index (χ1) is 41.2. The van der Waals surface area contributed by atoms with E-state index in [1.165, 1.54) is 38.5 Å². The van der Waals surface area contributed by atoms with E-state index in [0.29, 0.717) is 6.42 Å². The fourth-order valence-electron chi connectivity index (χ4n) is 11.1. The summed E-state index contributed by atoms with van der Waals surface area (Å²) in [4.78, 5) is 12.7. The zero-order valence-corrected chi connectivity index (χ0v) is 47.9. The molecule has 32 heteroatoms. The second kappa shape index (κ2) is 35.7. The van der Waals surface area contributed by atoms with Gasteiger partial charge in [0.1, 0.15) is 146 Å². The second-order valence-electron chi connectivity index (χ2n) is 22.6. The third-order valence-corrected chi connectivity index (χ3v) is 16.3. The number of esters is 1. The van der Waals surface area contributed by atoms with Crippen molar-refractivity contribution in [1.29, 1.82) is 0 Å². The Hall–Kier alpha value is -1.99. The molecule has 0 spiro atoms. The molecule has 502 valence electrons. The summed E-state index contributed by atoms with van der Waals surface area (Å²) in [5.41, 5.74) is 0. The summed E-state index contributed by atoms with van der Waals surface area (Å²) in [5, 5.41) is 204. The number of rotatable bonds is 32. The number of allylic oxidation sites excluding steroid dienone is 2. The van der Waals surface area contributed by atoms with Gasteiger partial charge in [0, 0.05) is 6.42 Å². The van der Waals surface area contributed by atoms with Gasteiger partial charge < -0.3 is 154 Å². The van der Waals surface area contributed by atoms with Crippen molar-refractivity contribution in [2.45, 2.75) is 281 Å². The first-order valence-corrected chi connectivity index (χ1v) is 29.7. The minimum absolute atomic E-state index is 0.0138. The maximum absolute atomic E-state index is 12.7. The molecule has 0 unspecified atom stereocenters. The van der Waals surface area contributed by atoms with Crippen LogP contribution in [0.3, 0.4) is 0 Å². The van der Waals surface area contributed by atoms with Crippen molar-refractivity contribution >= 4 is 5.97 Å². The summed E-state index contributed by atoms with van der Waals surface area (Å²) in [6, 6.07) is 0. The quantitative estimate of drug-likeness (QED) is 0.0169. The average molecular weight is 1260 g/mol. The highest BCUT2D eigenvalue weighted by Gasteiger charge is 2.58. The van der Waals surface area contributed by atoms with Crippen LogP contribution in [0.2, 0.25) is 0 Å². The molecule has 6 fully saturated rings. The number of aliphatic hydroxyl groups excluding tert-OH is 19. The van der Waals surface area contributed by atoms with Gasteiger partial charge in [-0.05, 0) is 32.1 Å². The summed E-state index contributed by atoms with van der Waals surface area (Å²) in [7, 11) is 0. The number of unbranched alkanes of at least 4 members (excludes halogenated alkanes) is 11. The van der Waals surface area contributed by atoms with Crippen LogP contribution in [0.5, 0.6) is 0 Å². The molecular weight excluding hydrogens is 1160 g/mol. The highest BCUT2D eigenvalue weighted by Crippen LogP contribution is 2.37. The molecule has 0 aromatic carbocycles. The van der Waals surface area contributed by atoms with E-state index in [1.54, 1.807) is 0 Å². The van der Waals surface area contributed by atoms with Gasteiger partial charge in [0.25, 0.3) is 0 Å². The molecule has 0 bridgehead atoms. The Labute approximate surface area is 496 Å². The van der Waals surface area contributed by atoms with Crippen molar-refractivity contribution in [2.24, 2.45) is 0 Å². The van der Waals surface area contributed by atoms with Crippen LogP contribution in [0.15, 0.2) is 12.2 Å². The van der Waals surface area contributed by atoms with Crippen LogP contribution >= 0.6 is 0 Å². The fraction of sp³-hybridized carbons (Fsp3) is 0.944. The van der Waals surface area contributed by atoms with E-state index in [4.69, 9.17) is 56.8 Å². The van der Waals surface area contributed by atoms with Gasteiger partial charge in [0.05, 0.1) is 39.6 Å². The van der Waals surface area contributed by atoms with Crippen LogP contribution in [0.25, 0.3) is 0 Å². The van der Waals surface area contributed by atoms with Crippen molar-refractivity contribution in [2.75, 3.05) is 39.6 Å². The zero-order valence-electron chi connectivity index (χ0n) is 47.9. The molecule has 30 atom stereocenters. The van der Waals surface area contributed by atoms with E-state index in [1.807, 2.05) is 0 Å². The molecule has 0 aliphatic carbocycles. The second-order valence-corrected chi connectivity index (χ2v) is 22.6. The Morgan fingerprint density at radius 3 is 0.884 bits per heavy atom. The van der Waals surface area contributed by atoms with Crippen LogP contribution in [0.1, 0.15) is 96.8 Å². The summed E-state index contributed by atoms with van der Waals surface area (Å²) < 4.78 is 67.2. The van der Waals surface area contributed by atoms with Crippen molar-refractivity contribution in [3.05, 3.63) is 12.2 Å². The maximum Gasteiger partial charge on any atom is 0.308 e. The van der Waals surface area contributed by atoms with Gasteiger partial charge in [-0.3, -0.25) is 4.79 Å². The molecule has 86 heavy (non-hydrogen) atoms. The molecule has 6 aliphatic heterocycles. The molecule has 0 aromatic rings. The first kappa shape index (κ1) is 73.1. The molecule has 0 aromatic heterocycles. The molecule has 32 nitrogen and oxygen atoms in total. The Kier molecular flexibility index (Phi) is 30.4. The Balaban J connectivity index is 0.967. The van der Waals surface area contributed by atoms with Crippen molar-refractivity contribution in [3.63, 3.8) is 0 Å². The van der Waals surface area contributed by atoms with Gasteiger partial charge in [0.2, 0.25) is 6.29 Å². The van der Waals surface area contributed by atoms with Gasteiger partial charge in [-0.15, -0.1) is 0 Å². The largest absolute Gasteiger partial charge is 0.433 e. The molecule has 0 radical (unpaired) electrons. The number of ether oxygens (including phenoxy) is 12. The number of aliphatic hydroxyl groups is 19. The normalized spacial score (nSPS) is 44.2. The minimum Gasteiger partial charge on any atom is -0.433 e. The number of hydrogen-bond acceptors (Lipinski definition) is 32. The highest BCUT2D eigenvalue weighted by molar-refractivity contribution is 5.69. The SMILES string of the molecule is CCCCCCCC/C=C\CCCCCCCC(=O)O[C@H]1O[C@H](CO)[C@@H](O[C@H]2O[C@H](CO)[C@@H](O[C@H]3O[C@H](CO)[C@@H](O[C@H]4O[C@H](CO)[C@@H](O[C@H]5O[C@H](CO)[C@@H](O[C@H]6O[C@H](CO)[C@@H](O)[C@H](O)[C@H]6O)[C@H](O)[C@H]5O)[C@H](O)[C@H]4O)[C@H](O)[C@H]3O)[C@H](O)[C@H]2O)[C@H](O)[C@H]1O. The molecule has 0 saturated carbocycles. The van der Waals surface area contributed by atoms with Crippen LogP contribution < -0.4 is 0 Å². The maximum atomic E-state index is 12.7. The first-order valence-electron chi connectivity index (χ1n) is 29.7. The highest BCUT2D eigenvalue weighted by atomic mass is 16.8. The van der Waals surface area contributed by atoms with Gasteiger partial charge in [-0.2, -0.15) is 0 Å². The van der Waals surface area contributed by atoms with E-state index in [9.17, 15) is 102 Å². The number of hydrogen-bond donors (Lipinski definition) is 19. The number of carbonyl (C=O) groups is 1. The molecule has 0 amide bonds. The molecule has 6 heterocycles. The molecule has 19 N–H and O–H groups in total. The summed E-state index contributed by atoms with van der Waals surface area (Å²) in [5.74, 6) is -0.731. The minimum atomic E-state index is -2.19. The third-order valence-electron chi connectivity index (χ3n) is 16.3. The summed E-state index contributed by atoms with van der Waals surface area (Å²) >= 11 is 0. The van der Waals surface area contributed by atoms with Crippen LogP contribution in [0.4, 0.5) is 0 Å². The van der Waals surface area contributed by atoms with Gasteiger partial charge >= 0.3 is 5.97 Å². The van der Waals surface area contributed by atoms with Crippen LogP contribution in [-0.2, 0) is 61.6 Å². The van der Waals surface area contributed by atoms with E-state index in [2.05, 4.69) is 19.1 Å². The standard InChI is InChI=1S/C54H94O32/c1-2-3-4-5-6-7-8-9-10-11-12-13-14-15-16-17-30(61)81-49-39(70)33(64)44(25(19-56)76-49)83-51-41(72)35(66)46(27(21-58)78-51)85-53-43(74)37(68)48(29(23-60)80-53)86-54-42(73)36(67)47(28(22-59)79-54)84-52-40(71)34(65)45(26(20-57)77-52)82-50-38(69)32(63)31(62)24(18-55)75-50/h9-10,24-29,31-60,62-74H,2-8,11-23H2,1H3/b10-9-/t24-,25-,26-,27-,28-,29-,31-,32+,33-,34-,35-,36-,37-,38-,39-,40-,41-,42-,43-,44-,45-,46-,47-,48-,49-,50-,51-,52-,53-,54-/m1/s1. The lowest BCUT2D eigenvalue weighted by Gasteiger charge is -2.49. The summed E-state index contributed by atoms with van der Waals surface area (Å²) in [6.07, 6.45) is -38.7. The van der Waals surface area contributed by atoms with Gasteiger partial charge in [0.15, 0.2) is 31.5 Å². The molecular formula is C54H94O32. The molecule has 6 aliphatic rings. The van der Waals surface area contributed by atoms with E-state index in [-0.39, 0.29) is 6.42 Å². The zero-order chi connectivity index (χ0) is 62.9. The lowest BCUT2D eigenvalue weighted by atomic mass is 9.95. The summed E-state index contributed by atoms with van der Waals surface area (Å²) in [6.45, 7) is -3.53.